The van der Waals surface area contributed by atoms with Crippen LogP contribution in [-0.4, -0.2) is 35.1 Å². The van der Waals surface area contributed by atoms with E-state index < -0.39 is 17.8 Å². The number of aryl methyl sites for hydroxylation is 1. The third-order valence-corrected chi connectivity index (χ3v) is 5.69. The van der Waals surface area contributed by atoms with Gasteiger partial charge in [0.2, 0.25) is 0 Å². The molecule has 2 aromatic heterocycles. The van der Waals surface area contributed by atoms with Gasteiger partial charge in [0.15, 0.2) is 0 Å². The molecule has 4 rings (SSSR count). The summed E-state index contributed by atoms with van der Waals surface area (Å²) in [6, 6.07) is 11.1. The van der Waals surface area contributed by atoms with Crippen LogP contribution in [0.25, 0.3) is 11.1 Å². The van der Waals surface area contributed by atoms with E-state index in [1.54, 1.807) is 30.5 Å². The Bertz CT molecular complexity index is 1280. The summed E-state index contributed by atoms with van der Waals surface area (Å²) < 4.78 is 44.2. The van der Waals surface area contributed by atoms with Gasteiger partial charge >= 0.3 is 6.18 Å². The Morgan fingerprint density at radius 3 is 2.63 bits per heavy atom. The van der Waals surface area contributed by atoms with Crippen LogP contribution in [0.5, 0.6) is 0 Å². The Morgan fingerprint density at radius 2 is 1.91 bits per heavy atom. The molecule has 10 heteroatoms. The van der Waals surface area contributed by atoms with Crippen molar-refractivity contribution in [2.45, 2.75) is 32.0 Å². The lowest BCUT2D eigenvalue weighted by Crippen LogP contribution is -2.28. The van der Waals surface area contributed by atoms with E-state index in [0.29, 0.717) is 41.9 Å². The molecule has 7 nitrogen and oxygen atoms in total. The van der Waals surface area contributed by atoms with Crippen molar-refractivity contribution in [3.63, 3.8) is 0 Å². The van der Waals surface area contributed by atoms with Gasteiger partial charge in [0.1, 0.15) is 17.6 Å². The van der Waals surface area contributed by atoms with Crippen LogP contribution in [0.15, 0.2) is 48.8 Å². The molecular formula is C25H22F3N5O2. The van der Waals surface area contributed by atoms with Crippen molar-refractivity contribution >= 4 is 17.4 Å². The number of nitriles is 1. The number of carbonyl (C=O) groups is 1. The Kier molecular flexibility index (Phi) is 6.98. The Morgan fingerprint density at radius 1 is 1.14 bits per heavy atom. The van der Waals surface area contributed by atoms with Crippen LogP contribution in [0.1, 0.15) is 40.0 Å². The molecule has 0 bridgehead atoms. The highest BCUT2D eigenvalue weighted by atomic mass is 19.4. The molecule has 1 amide bonds. The van der Waals surface area contributed by atoms with E-state index in [9.17, 15) is 23.2 Å². The topological polar surface area (TPSA) is 99.9 Å². The summed E-state index contributed by atoms with van der Waals surface area (Å²) in [6.07, 6.45) is -0.392. The van der Waals surface area contributed by atoms with Crippen LogP contribution in [0.3, 0.4) is 0 Å². The summed E-state index contributed by atoms with van der Waals surface area (Å²) >= 11 is 0. The van der Waals surface area contributed by atoms with Gasteiger partial charge in [0.05, 0.1) is 5.56 Å². The second-order valence-corrected chi connectivity index (χ2v) is 8.17. The first-order valence-electron chi connectivity index (χ1n) is 10.9. The number of rotatable bonds is 5. The molecule has 0 spiro atoms. The van der Waals surface area contributed by atoms with Crippen LogP contribution in [-0.2, 0) is 10.9 Å². The number of halogens is 3. The normalized spacial score (nSPS) is 14.3. The van der Waals surface area contributed by atoms with Gasteiger partial charge in [-0.1, -0.05) is 6.07 Å². The van der Waals surface area contributed by atoms with E-state index in [1.165, 1.54) is 6.07 Å². The second-order valence-electron chi connectivity index (χ2n) is 8.17. The first-order valence-corrected chi connectivity index (χ1v) is 10.9. The number of nitrogens with one attached hydrogen (secondary N) is 2. The van der Waals surface area contributed by atoms with Crippen LogP contribution < -0.4 is 10.6 Å². The molecule has 180 valence electrons. The van der Waals surface area contributed by atoms with Gasteiger partial charge in [-0.25, -0.2) is 4.98 Å². The molecule has 1 aliphatic heterocycles. The lowest BCUT2D eigenvalue weighted by molar-refractivity contribution is -0.141. The molecule has 1 aromatic carbocycles. The molecule has 1 aliphatic rings. The highest BCUT2D eigenvalue weighted by molar-refractivity contribution is 6.04. The number of anilines is 2. The maximum Gasteiger partial charge on any atom is 0.433 e. The van der Waals surface area contributed by atoms with Gasteiger partial charge in [-0.15, -0.1) is 0 Å². The fraction of sp³-hybridized carbons (Fsp3) is 0.280. The SMILES string of the molecule is Cc1ccc(NC(=O)c2ccnc(C(F)(F)F)c2)cc1-c1cnc(NC2CCOCC2)c(C#N)c1. The average molecular weight is 481 g/mol. The van der Waals surface area contributed by atoms with Crippen molar-refractivity contribution in [1.82, 2.24) is 9.97 Å². The highest BCUT2D eigenvalue weighted by Crippen LogP contribution is 2.30. The number of pyridine rings is 2. The number of hydrogen-bond donors (Lipinski definition) is 2. The third-order valence-electron chi connectivity index (χ3n) is 5.69. The Balaban J connectivity index is 1.56. The molecule has 0 aliphatic carbocycles. The summed E-state index contributed by atoms with van der Waals surface area (Å²) in [6.45, 7) is 3.19. The molecule has 0 unspecified atom stereocenters. The minimum atomic E-state index is -4.65. The van der Waals surface area contributed by atoms with Crippen LogP contribution in [0.2, 0.25) is 0 Å². The molecule has 1 saturated heterocycles. The first-order chi connectivity index (χ1) is 16.7. The van der Waals surface area contributed by atoms with Crippen LogP contribution >= 0.6 is 0 Å². The maximum absolute atomic E-state index is 12.9. The standard InChI is InChI=1S/C25H22F3N5O2/c1-15-2-3-20(33-24(34)16-4-7-30-22(11-16)25(26,27)28)12-21(15)18-10-17(13-29)23(31-14-18)32-19-5-8-35-9-6-19/h2-4,7,10-12,14,19H,5-6,8-9H2,1H3,(H,31,32)(H,33,34). The molecule has 0 atom stereocenters. The third kappa shape index (κ3) is 5.75. The zero-order chi connectivity index (χ0) is 25.0. The van der Waals surface area contributed by atoms with Crippen molar-refractivity contribution < 1.29 is 22.7 Å². The minimum absolute atomic E-state index is 0.161. The van der Waals surface area contributed by atoms with Gasteiger partial charge in [-0.2, -0.15) is 18.4 Å². The molecule has 1 fully saturated rings. The molecule has 0 radical (unpaired) electrons. The number of carbonyl (C=O) groups excluding carboxylic acids is 1. The summed E-state index contributed by atoms with van der Waals surface area (Å²) in [4.78, 5) is 20.3. The first kappa shape index (κ1) is 24.2. The number of ether oxygens (including phenoxy) is 1. The number of nitrogens with zero attached hydrogens (tertiary/aromatic N) is 3. The maximum atomic E-state index is 12.9. The highest BCUT2D eigenvalue weighted by Gasteiger charge is 2.33. The van der Waals surface area contributed by atoms with E-state index in [2.05, 4.69) is 26.7 Å². The Labute approximate surface area is 200 Å². The van der Waals surface area contributed by atoms with E-state index in [0.717, 1.165) is 30.2 Å². The molecule has 35 heavy (non-hydrogen) atoms. The predicted molar refractivity (Wildman–Crippen MR) is 124 cm³/mol. The number of hydrogen-bond acceptors (Lipinski definition) is 6. The van der Waals surface area contributed by atoms with Gasteiger partial charge in [-0.05, 0) is 61.2 Å². The zero-order valence-electron chi connectivity index (χ0n) is 18.8. The fourth-order valence-electron chi connectivity index (χ4n) is 3.79. The van der Waals surface area contributed by atoms with Gasteiger partial charge < -0.3 is 15.4 Å². The summed E-state index contributed by atoms with van der Waals surface area (Å²) in [7, 11) is 0. The monoisotopic (exact) mass is 481 g/mol. The van der Waals surface area contributed by atoms with Gasteiger partial charge in [-0.3, -0.25) is 9.78 Å². The van der Waals surface area contributed by atoms with Crippen molar-refractivity contribution in [1.29, 1.82) is 5.26 Å². The van der Waals surface area contributed by atoms with Crippen molar-refractivity contribution in [2.75, 3.05) is 23.8 Å². The van der Waals surface area contributed by atoms with E-state index in [4.69, 9.17) is 4.74 Å². The quantitative estimate of drug-likeness (QED) is 0.521. The second kappa shape index (κ2) is 10.1. The minimum Gasteiger partial charge on any atom is -0.381 e. The lowest BCUT2D eigenvalue weighted by Gasteiger charge is -2.24. The van der Waals surface area contributed by atoms with E-state index in [-0.39, 0.29) is 11.6 Å². The van der Waals surface area contributed by atoms with Gasteiger partial charge in [0, 0.05) is 48.5 Å². The number of aromatic nitrogens is 2. The lowest BCUT2D eigenvalue weighted by atomic mass is 9.99. The van der Waals surface area contributed by atoms with E-state index >= 15 is 0 Å². The number of amides is 1. The van der Waals surface area contributed by atoms with Crippen LogP contribution in [0, 0.1) is 18.3 Å². The summed E-state index contributed by atoms with van der Waals surface area (Å²) in [5, 5.41) is 15.6. The molecular weight excluding hydrogens is 459 g/mol. The average Bonchev–Trinajstić information content (AvgIpc) is 2.85. The van der Waals surface area contributed by atoms with Crippen molar-refractivity contribution in [3.05, 3.63) is 71.2 Å². The molecule has 2 N–H and O–H groups in total. The summed E-state index contributed by atoms with van der Waals surface area (Å²) in [5.41, 5.74) is 1.77. The van der Waals surface area contributed by atoms with E-state index in [1.807, 2.05) is 6.92 Å². The Hall–Kier alpha value is -3.97. The van der Waals surface area contributed by atoms with Crippen LogP contribution in [0.4, 0.5) is 24.7 Å². The fourth-order valence-corrected chi connectivity index (χ4v) is 3.79. The molecule has 3 heterocycles. The van der Waals surface area contributed by atoms with Crippen molar-refractivity contribution in [2.24, 2.45) is 0 Å². The van der Waals surface area contributed by atoms with Crippen molar-refractivity contribution in [3.8, 4) is 17.2 Å². The zero-order valence-corrected chi connectivity index (χ0v) is 18.8. The smallest absolute Gasteiger partial charge is 0.381 e. The molecule has 3 aromatic rings. The van der Waals surface area contributed by atoms with Gasteiger partial charge in [0.25, 0.3) is 5.91 Å². The number of benzene rings is 1. The molecule has 0 saturated carbocycles. The number of alkyl halides is 3. The predicted octanol–water partition coefficient (Wildman–Crippen LogP) is 5.19. The summed E-state index contributed by atoms with van der Waals surface area (Å²) in [5.74, 6) is -0.192. The largest absolute Gasteiger partial charge is 0.433 e.